The summed E-state index contributed by atoms with van der Waals surface area (Å²) in [5, 5.41) is 9.88. The molecule has 6 nitrogen and oxygen atoms in total. The van der Waals surface area contributed by atoms with Crippen LogP contribution in [0.2, 0.25) is 0 Å². The average Bonchev–Trinajstić information content (AvgIpc) is 3.21. The highest BCUT2D eigenvalue weighted by Crippen LogP contribution is 2.17. The van der Waals surface area contributed by atoms with Crippen molar-refractivity contribution in [1.29, 1.82) is 0 Å². The van der Waals surface area contributed by atoms with Crippen molar-refractivity contribution in [2.75, 3.05) is 17.2 Å². The molecular weight excluding hydrogens is 442 g/mol. The van der Waals surface area contributed by atoms with Gasteiger partial charge in [-0.1, -0.05) is 34.1 Å². The molecule has 3 amide bonds. The van der Waals surface area contributed by atoms with Gasteiger partial charge < -0.3 is 16.0 Å². The number of thiophene rings is 1. The Bertz CT molecular complexity index is 1010. The zero-order valence-electron chi connectivity index (χ0n) is 14.6. The van der Waals surface area contributed by atoms with Crippen molar-refractivity contribution in [3.63, 3.8) is 0 Å². The van der Waals surface area contributed by atoms with Crippen LogP contribution >= 0.6 is 27.3 Å². The van der Waals surface area contributed by atoms with E-state index in [1.165, 1.54) is 11.3 Å². The SMILES string of the molecule is O=C(CNC(=O)c1cccc(Br)c1)Nc1cccc(NC(=O)c2cccs2)c1. The number of benzene rings is 2. The lowest BCUT2D eigenvalue weighted by molar-refractivity contribution is -0.115. The van der Waals surface area contributed by atoms with Crippen molar-refractivity contribution in [1.82, 2.24) is 5.32 Å². The van der Waals surface area contributed by atoms with Crippen LogP contribution in [0, 0.1) is 0 Å². The number of carbonyl (C=O) groups excluding carboxylic acids is 3. The quantitative estimate of drug-likeness (QED) is 0.519. The molecule has 0 aliphatic heterocycles. The van der Waals surface area contributed by atoms with Crippen LogP contribution in [0.15, 0.2) is 70.5 Å². The smallest absolute Gasteiger partial charge is 0.265 e. The number of nitrogens with one attached hydrogen (secondary N) is 3. The molecule has 1 heterocycles. The molecule has 0 saturated heterocycles. The van der Waals surface area contributed by atoms with E-state index < -0.39 is 0 Å². The molecule has 0 saturated carbocycles. The van der Waals surface area contributed by atoms with Gasteiger partial charge in [0.1, 0.15) is 0 Å². The highest BCUT2D eigenvalue weighted by atomic mass is 79.9. The van der Waals surface area contributed by atoms with E-state index in [0.717, 1.165) is 4.47 Å². The van der Waals surface area contributed by atoms with Crippen molar-refractivity contribution in [3.8, 4) is 0 Å². The molecule has 28 heavy (non-hydrogen) atoms. The fourth-order valence-corrected chi connectivity index (χ4v) is 3.39. The van der Waals surface area contributed by atoms with Crippen LogP contribution in [0.25, 0.3) is 0 Å². The predicted molar refractivity (Wildman–Crippen MR) is 114 cm³/mol. The molecule has 0 aliphatic rings. The number of amides is 3. The number of halogens is 1. The van der Waals surface area contributed by atoms with Gasteiger partial charge in [0.05, 0.1) is 11.4 Å². The third-order valence-electron chi connectivity index (χ3n) is 3.65. The zero-order valence-corrected chi connectivity index (χ0v) is 17.0. The lowest BCUT2D eigenvalue weighted by atomic mass is 10.2. The van der Waals surface area contributed by atoms with Crippen LogP contribution in [-0.4, -0.2) is 24.3 Å². The van der Waals surface area contributed by atoms with E-state index in [-0.39, 0.29) is 24.3 Å². The van der Waals surface area contributed by atoms with Crippen LogP contribution in [0.1, 0.15) is 20.0 Å². The van der Waals surface area contributed by atoms with E-state index in [1.807, 2.05) is 11.4 Å². The second kappa shape index (κ2) is 9.29. The van der Waals surface area contributed by atoms with Gasteiger partial charge in [0.2, 0.25) is 5.91 Å². The maximum Gasteiger partial charge on any atom is 0.265 e. The fraction of sp³-hybridized carbons (Fsp3) is 0.0500. The van der Waals surface area contributed by atoms with E-state index >= 15 is 0 Å². The molecule has 0 spiro atoms. The Labute approximate surface area is 174 Å². The minimum absolute atomic E-state index is 0.170. The number of anilines is 2. The molecule has 3 rings (SSSR count). The summed E-state index contributed by atoms with van der Waals surface area (Å²) < 4.78 is 0.783. The number of hydrogen-bond acceptors (Lipinski definition) is 4. The third kappa shape index (κ3) is 5.51. The summed E-state index contributed by atoms with van der Waals surface area (Å²) in [4.78, 5) is 36.9. The van der Waals surface area contributed by atoms with Gasteiger partial charge in [-0.25, -0.2) is 0 Å². The molecule has 3 N–H and O–H groups in total. The first-order chi connectivity index (χ1) is 13.5. The maximum atomic E-state index is 12.1. The minimum atomic E-state index is -0.370. The summed E-state index contributed by atoms with van der Waals surface area (Å²) in [6.45, 7) is -0.170. The van der Waals surface area contributed by atoms with E-state index in [0.29, 0.717) is 21.8 Å². The Morgan fingerprint density at radius 1 is 0.857 bits per heavy atom. The molecule has 0 atom stereocenters. The zero-order chi connectivity index (χ0) is 19.9. The predicted octanol–water partition coefficient (Wildman–Crippen LogP) is 4.13. The second-order valence-electron chi connectivity index (χ2n) is 5.75. The molecule has 0 aliphatic carbocycles. The van der Waals surface area contributed by atoms with Gasteiger partial charge in [-0.2, -0.15) is 0 Å². The summed E-state index contributed by atoms with van der Waals surface area (Å²) >= 11 is 4.65. The summed E-state index contributed by atoms with van der Waals surface area (Å²) in [7, 11) is 0. The van der Waals surface area contributed by atoms with Crippen LogP contribution in [0.5, 0.6) is 0 Å². The van der Waals surface area contributed by atoms with Crippen LogP contribution in [0.4, 0.5) is 11.4 Å². The summed E-state index contributed by atoms with van der Waals surface area (Å²) in [5.41, 5.74) is 1.54. The van der Waals surface area contributed by atoms with Gasteiger partial charge in [-0.3, -0.25) is 14.4 Å². The maximum absolute atomic E-state index is 12.1. The molecule has 8 heteroatoms. The Balaban J connectivity index is 1.54. The molecule has 3 aromatic rings. The van der Waals surface area contributed by atoms with E-state index in [4.69, 9.17) is 0 Å². The number of hydrogen-bond donors (Lipinski definition) is 3. The van der Waals surface area contributed by atoms with Crippen molar-refractivity contribution in [2.24, 2.45) is 0 Å². The average molecular weight is 458 g/mol. The first-order valence-corrected chi connectivity index (χ1v) is 9.97. The van der Waals surface area contributed by atoms with E-state index in [1.54, 1.807) is 54.6 Å². The normalized spacial score (nSPS) is 10.2. The highest BCUT2D eigenvalue weighted by Gasteiger charge is 2.10. The van der Waals surface area contributed by atoms with Gasteiger partial charge in [-0.15, -0.1) is 11.3 Å². The Kier molecular flexibility index (Phi) is 6.57. The third-order valence-corrected chi connectivity index (χ3v) is 5.01. The van der Waals surface area contributed by atoms with E-state index in [9.17, 15) is 14.4 Å². The topological polar surface area (TPSA) is 87.3 Å². The van der Waals surface area contributed by atoms with Gasteiger partial charge in [0, 0.05) is 21.4 Å². The monoisotopic (exact) mass is 457 g/mol. The summed E-state index contributed by atoms with van der Waals surface area (Å²) in [6.07, 6.45) is 0. The van der Waals surface area contributed by atoms with Crippen molar-refractivity contribution in [3.05, 3.63) is 81.0 Å². The lowest BCUT2D eigenvalue weighted by Crippen LogP contribution is -2.32. The number of carbonyl (C=O) groups is 3. The largest absolute Gasteiger partial charge is 0.343 e. The molecule has 0 bridgehead atoms. The standard InChI is InChI=1S/C20H16BrN3O3S/c21-14-5-1-4-13(10-14)19(26)22-12-18(25)23-15-6-2-7-16(11-15)24-20(27)17-8-3-9-28-17/h1-11H,12H2,(H,22,26)(H,23,25)(H,24,27). The van der Waals surface area contributed by atoms with Crippen LogP contribution < -0.4 is 16.0 Å². The molecule has 142 valence electrons. The number of rotatable bonds is 6. The van der Waals surface area contributed by atoms with Crippen LogP contribution in [0.3, 0.4) is 0 Å². The molecule has 0 radical (unpaired) electrons. The van der Waals surface area contributed by atoms with Gasteiger partial charge >= 0.3 is 0 Å². The molecule has 2 aromatic carbocycles. The van der Waals surface area contributed by atoms with Crippen molar-refractivity contribution >= 4 is 56.4 Å². The summed E-state index contributed by atoms with van der Waals surface area (Å²) in [5.74, 6) is -0.918. The van der Waals surface area contributed by atoms with Gasteiger partial charge in [-0.05, 0) is 47.8 Å². The lowest BCUT2D eigenvalue weighted by Gasteiger charge is -2.09. The first kappa shape index (κ1) is 19.8. The minimum Gasteiger partial charge on any atom is -0.343 e. The van der Waals surface area contributed by atoms with Crippen molar-refractivity contribution < 1.29 is 14.4 Å². The molecular formula is C20H16BrN3O3S. The molecule has 1 aromatic heterocycles. The molecule has 0 unspecified atom stereocenters. The highest BCUT2D eigenvalue weighted by molar-refractivity contribution is 9.10. The second-order valence-corrected chi connectivity index (χ2v) is 7.62. The Hall–Kier alpha value is -2.97. The first-order valence-electron chi connectivity index (χ1n) is 8.30. The Morgan fingerprint density at radius 3 is 2.32 bits per heavy atom. The Morgan fingerprint density at radius 2 is 1.61 bits per heavy atom. The summed E-state index contributed by atoms with van der Waals surface area (Å²) in [6, 6.07) is 17.2. The van der Waals surface area contributed by atoms with Crippen molar-refractivity contribution in [2.45, 2.75) is 0 Å². The van der Waals surface area contributed by atoms with Gasteiger partial charge in [0.25, 0.3) is 11.8 Å². The van der Waals surface area contributed by atoms with Gasteiger partial charge in [0.15, 0.2) is 0 Å². The van der Waals surface area contributed by atoms with Crippen LogP contribution in [-0.2, 0) is 4.79 Å². The fourth-order valence-electron chi connectivity index (χ4n) is 2.37. The molecule has 0 fully saturated rings. The van der Waals surface area contributed by atoms with E-state index in [2.05, 4.69) is 31.9 Å².